The van der Waals surface area contributed by atoms with Crippen LogP contribution in [0.1, 0.15) is 42.9 Å². The number of aryl methyl sites for hydroxylation is 1. The fraction of sp³-hybridized carbons (Fsp3) is 0.391. The van der Waals surface area contributed by atoms with Crippen molar-refractivity contribution in [3.63, 3.8) is 0 Å². The highest BCUT2D eigenvalue weighted by Crippen LogP contribution is 2.23. The SMILES string of the molecule is CCNC(=S)[C@H](CCc1ccc(C[C@@H](OCC)C(=O)O)cc1)c1ccccc1. The molecule has 0 unspecified atom stereocenters. The van der Waals surface area contributed by atoms with Crippen molar-refractivity contribution in [2.45, 2.75) is 45.1 Å². The summed E-state index contributed by atoms with van der Waals surface area (Å²) in [5, 5.41) is 12.5. The number of carboxylic acids is 1. The van der Waals surface area contributed by atoms with E-state index in [9.17, 15) is 9.90 Å². The van der Waals surface area contributed by atoms with Crippen molar-refractivity contribution in [2.24, 2.45) is 0 Å². The fourth-order valence-electron chi connectivity index (χ4n) is 3.22. The third kappa shape index (κ3) is 6.73. The van der Waals surface area contributed by atoms with Crippen LogP contribution in [0.15, 0.2) is 54.6 Å². The number of hydrogen-bond donors (Lipinski definition) is 2. The zero-order chi connectivity index (χ0) is 20.4. The summed E-state index contributed by atoms with van der Waals surface area (Å²) >= 11 is 5.61. The zero-order valence-electron chi connectivity index (χ0n) is 16.6. The van der Waals surface area contributed by atoms with Gasteiger partial charge in [0.25, 0.3) is 0 Å². The van der Waals surface area contributed by atoms with E-state index < -0.39 is 12.1 Å². The minimum absolute atomic E-state index is 0.185. The first-order valence-corrected chi connectivity index (χ1v) is 10.2. The lowest BCUT2D eigenvalue weighted by Gasteiger charge is -2.19. The largest absolute Gasteiger partial charge is 0.479 e. The molecule has 0 heterocycles. The second-order valence-corrected chi connectivity index (χ2v) is 7.14. The zero-order valence-corrected chi connectivity index (χ0v) is 17.4. The normalized spacial score (nSPS) is 12.9. The monoisotopic (exact) mass is 399 g/mol. The van der Waals surface area contributed by atoms with E-state index in [0.29, 0.717) is 13.0 Å². The van der Waals surface area contributed by atoms with Gasteiger partial charge in [-0.2, -0.15) is 0 Å². The van der Waals surface area contributed by atoms with Gasteiger partial charge < -0.3 is 15.2 Å². The first-order valence-electron chi connectivity index (χ1n) is 9.80. The molecule has 28 heavy (non-hydrogen) atoms. The van der Waals surface area contributed by atoms with Crippen molar-refractivity contribution in [2.75, 3.05) is 13.2 Å². The van der Waals surface area contributed by atoms with E-state index >= 15 is 0 Å². The number of carbonyl (C=O) groups is 1. The maximum Gasteiger partial charge on any atom is 0.333 e. The van der Waals surface area contributed by atoms with Gasteiger partial charge in [0.05, 0.1) is 4.99 Å². The smallest absolute Gasteiger partial charge is 0.333 e. The highest BCUT2D eigenvalue weighted by atomic mass is 32.1. The highest BCUT2D eigenvalue weighted by Gasteiger charge is 2.18. The molecule has 150 valence electrons. The standard InChI is InChI=1S/C23H29NO3S/c1-3-24-22(28)20(19-8-6-5-7-9-19)15-14-17-10-12-18(13-11-17)16-21(23(25)26)27-4-2/h5-13,20-21H,3-4,14-16H2,1-2H3,(H,24,28)(H,25,26)/t20-,21-/m1/s1. The molecule has 0 fully saturated rings. The molecule has 0 saturated heterocycles. The van der Waals surface area contributed by atoms with Gasteiger partial charge in [-0.15, -0.1) is 0 Å². The van der Waals surface area contributed by atoms with Crippen LogP contribution in [0.5, 0.6) is 0 Å². The summed E-state index contributed by atoms with van der Waals surface area (Å²) in [5.74, 6) is -0.737. The lowest BCUT2D eigenvalue weighted by atomic mass is 9.91. The molecule has 2 rings (SSSR count). The van der Waals surface area contributed by atoms with Gasteiger partial charge in [0.2, 0.25) is 0 Å². The van der Waals surface area contributed by atoms with E-state index in [1.807, 2.05) is 30.3 Å². The molecule has 5 heteroatoms. The molecular formula is C23H29NO3S. The van der Waals surface area contributed by atoms with Crippen LogP contribution < -0.4 is 5.32 Å². The number of ether oxygens (including phenoxy) is 1. The molecule has 2 N–H and O–H groups in total. The van der Waals surface area contributed by atoms with Gasteiger partial charge >= 0.3 is 5.97 Å². The molecular weight excluding hydrogens is 370 g/mol. The predicted octanol–water partition coefficient (Wildman–Crippen LogP) is 4.37. The van der Waals surface area contributed by atoms with Crippen molar-refractivity contribution in [3.8, 4) is 0 Å². The number of hydrogen-bond acceptors (Lipinski definition) is 3. The first kappa shape index (κ1) is 22.1. The molecule has 0 aliphatic heterocycles. The Morgan fingerprint density at radius 2 is 1.71 bits per heavy atom. The molecule has 0 amide bonds. The van der Waals surface area contributed by atoms with Crippen molar-refractivity contribution in [1.82, 2.24) is 5.32 Å². The Morgan fingerprint density at radius 1 is 1.07 bits per heavy atom. The van der Waals surface area contributed by atoms with Gasteiger partial charge in [-0.05, 0) is 43.4 Å². The van der Waals surface area contributed by atoms with Crippen LogP contribution in [-0.4, -0.2) is 35.3 Å². The molecule has 0 aliphatic rings. The second-order valence-electron chi connectivity index (χ2n) is 6.70. The Hall–Kier alpha value is -2.24. The topological polar surface area (TPSA) is 58.6 Å². The van der Waals surface area contributed by atoms with Crippen molar-refractivity contribution >= 4 is 23.2 Å². The van der Waals surface area contributed by atoms with Crippen molar-refractivity contribution < 1.29 is 14.6 Å². The van der Waals surface area contributed by atoms with Crippen LogP contribution in [0.4, 0.5) is 0 Å². The van der Waals surface area contributed by atoms with E-state index in [4.69, 9.17) is 17.0 Å². The predicted molar refractivity (Wildman–Crippen MR) is 117 cm³/mol. The Balaban J connectivity index is 2.01. The Morgan fingerprint density at radius 3 is 2.29 bits per heavy atom. The average Bonchev–Trinajstić information content (AvgIpc) is 2.70. The van der Waals surface area contributed by atoms with E-state index in [1.165, 1.54) is 11.1 Å². The van der Waals surface area contributed by atoms with Crippen LogP contribution in [0.25, 0.3) is 0 Å². The quantitative estimate of drug-likeness (QED) is 0.550. The molecule has 2 aromatic carbocycles. The van der Waals surface area contributed by atoms with E-state index in [0.717, 1.165) is 29.9 Å². The maximum absolute atomic E-state index is 11.2. The molecule has 4 nitrogen and oxygen atoms in total. The van der Waals surface area contributed by atoms with E-state index in [1.54, 1.807) is 6.92 Å². The van der Waals surface area contributed by atoms with Crippen LogP contribution >= 0.6 is 12.2 Å². The number of aliphatic carboxylic acids is 1. The average molecular weight is 400 g/mol. The summed E-state index contributed by atoms with van der Waals surface area (Å²) in [7, 11) is 0. The maximum atomic E-state index is 11.2. The molecule has 0 aromatic heterocycles. The number of thiocarbonyl (C=S) groups is 1. The number of rotatable bonds is 11. The number of likely N-dealkylation sites (N-methyl/N-ethyl adjacent to an activating group) is 1. The lowest BCUT2D eigenvalue weighted by Crippen LogP contribution is -2.27. The van der Waals surface area contributed by atoms with Crippen LogP contribution in [0, 0.1) is 0 Å². The van der Waals surface area contributed by atoms with Crippen LogP contribution in [0.2, 0.25) is 0 Å². The molecule has 0 aliphatic carbocycles. The fourth-order valence-corrected chi connectivity index (χ4v) is 3.62. The summed E-state index contributed by atoms with van der Waals surface area (Å²) in [6.07, 6.45) is 1.40. The minimum Gasteiger partial charge on any atom is -0.479 e. The summed E-state index contributed by atoms with van der Waals surface area (Å²) in [4.78, 5) is 12.1. The highest BCUT2D eigenvalue weighted by molar-refractivity contribution is 7.80. The number of carboxylic acid groups (broad SMARTS) is 1. The van der Waals surface area contributed by atoms with Gasteiger partial charge in [0.1, 0.15) is 0 Å². The first-order chi connectivity index (χ1) is 13.5. The van der Waals surface area contributed by atoms with Crippen LogP contribution in [0.3, 0.4) is 0 Å². The minimum atomic E-state index is -0.923. The summed E-state index contributed by atoms with van der Waals surface area (Å²) in [5.41, 5.74) is 3.41. The van der Waals surface area contributed by atoms with Gasteiger partial charge in [-0.25, -0.2) is 4.79 Å². The number of benzene rings is 2. The molecule has 0 spiro atoms. The molecule has 0 radical (unpaired) electrons. The van der Waals surface area contributed by atoms with E-state index in [2.05, 4.69) is 36.5 Å². The molecule has 2 atom stereocenters. The lowest BCUT2D eigenvalue weighted by molar-refractivity contribution is -0.149. The Labute approximate surface area is 172 Å². The van der Waals surface area contributed by atoms with Gasteiger partial charge in [-0.3, -0.25) is 0 Å². The summed E-state index contributed by atoms with van der Waals surface area (Å²) in [6.45, 7) is 5.07. The molecule has 0 bridgehead atoms. The Bertz CT molecular complexity index is 746. The van der Waals surface area contributed by atoms with Crippen LogP contribution in [-0.2, 0) is 22.4 Å². The Kier molecular flexibility index (Phi) is 9.11. The van der Waals surface area contributed by atoms with Gasteiger partial charge in [-0.1, -0.05) is 66.8 Å². The van der Waals surface area contributed by atoms with Gasteiger partial charge in [0.15, 0.2) is 6.10 Å². The number of nitrogens with one attached hydrogen (secondary N) is 1. The second kappa shape index (κ2) is 11.6. The third-order valence-corrected chi connectivity index (χ3v) is 5.11. The van der Waals surface area contributed by atoms with E-state index in [-0.39, 0.29) is 5.92 Å². The summed E-state index contributed by atoms with van der Waals surface area (Å²) < 4.78 is 5.29. The molecule has 2 aromatic rings. The third-order valence-electron chi connectivity index (χ3n) is 4.68. The van der Waals surface area contributed by atoms with Crippen molar-refractivity contribution in [3.05, 3.63) is 71.3 Å². The summed E-state index contributed by atoms with van der Waals surface area (Å²) in [6, 6.07) is 18.5. The van der Waals surface area contributed by atoms with Gasteiger partial charge in [0, 0.05) is 25.5 Å². The molecule has 0 saturated carbocycles. The van der Waals surface area contributed by atoms with Crippen molar-refractivity contribution in [1.29, 1.82) is 0 Å².